The van der Waals surface area contributed by atoms with E-state index in [4.69, 9.17) is 14.2 Å². The normalized spacial score (nSPS) is 26.0. The number of fused-ring (bicyclic) bond motifs is 1. The molecule has 1 fully saturated rings. The third-order valence-corrected chi connectivity index (χ3v) is 7.91. The zero-order valence-corrected chi connectivity index (χ0v) is 23.7. The van der Waals surface area contributed by atoms with Gasteiger partial charge in [0, 0.05) is 17.7 Å². The van der Waals surface area contributed by atoms with E-state index in [1.165, 1.54) is 18.2 Å². The second-order valence-corrected chi connectivity index (χ2v) is 11.1. The van der Waals surface area contributed by atoms with E-state index in [9.17, 15) is 40.9 Å². The molecule has 0 aliphatic carbocycles. The second-order valence-electron chi connectivity index (χ2n) is 11.1. The molecule has 0 unspecified atom stereocenters. The Kier molecular flexibility index (Phi) is 8.28. The predicted molar refractivity (Wildman–Crippen MR) is 161 cm³/mol. The highest BCUT2D eigenvalue weighted by Gasteiger charge is 2.44. The Morgan fingerprint density at radius 1 is 0.644 bits per heavy atom. The van der Waals surface area contributed by atoms with Gasteiger partial charge in [0.05, 0.1) is 12.5 Å². The van der Waals surface area contributed by atoms with Gasteiger partial charge in [-0.15, -0.1) is 0 Å². The molecule has 8 N–H and O–H groups in total. The maximum absolute atomic E-state index is 10.3. The van der Waals surface area contributed by atoms with E-state index in [2.05, 4.69) is 0 Å². The Bertz CT molecular complexity index is 1680. The minimum Gasteiger partial charge on any atom is -0.508 e. The molecule has 2 heterocycles. The van der Waals surface area contributed by atoms with Gasteiger partial charge in [-0.25, -0.2) is 0 Å². The third-order valence-electron chi connectivity index (χ3n) is 7.91. The molecule has 2 aliphatic rings. The molecule has 45 heavy (non-hydrogen) atoms. The smallest absolute Gasteiger partial charge is 0.229 e. The lowest BCUT2D eigenvalue weighted by Crippen LogP contribution is -2.60. The number of phenolic OH excluding ortho intramolecular Hbond substituents is 4. The molecule has 0 saturated carbocycles. The monoisotopic (exact) mass is 616 g/mol. The van der Waals surface area contributed by atoms with Crippen molar-refractivity contribution in [1.82, 2.24) is 0 Å². The molecule has 234 valence electrons. The van der Waals surface area contributed by atoms with Crippen LogP contribution in [0.15, 0.2) is 78.9 Å². The summed E-state index contributed by atoms with van der Waals surface area (Å²) in [5, 5.41) is 80.5. The van der Waals surface area contributed by atoms with E-state index in [0.717, 1.165) is 16.7 Å². The molecule has 4 aromatic rings. The molecule has 0 spiro atoms. The largest absolute Gasteiger partial charge is 0.508 e. The Morgan fingerprint density at radius 3 is 2.04 bits per heavy atom. The van der Waals surface area contributed by atoms with Crippen molar-refractivity contribution in [3.63, 3.8) is 0 Å². The van der Waals surface area contributed by atoms with Gasteiger partial charge in [0.25, 0.3) is 0 Å². The van der Waals surface area contributed by atoms with Crippen molar-refractivity contribution in [2.45, 2.75) is 42.7 Å². The van der Waals surface area contributed by atoms with Crippen LogP contribution in [-0.2, 0) is 4.74 Å². The number of rotatable bonds is 7. The van der Waals surface area contributed by atoms with Gasteiger partial charge < -0.3 is 55.1 Å². The molecule has 0 radical (unpaired) electrons. The summed E-state index contributed by atoms with van der Waals surface area (Å²) in [5.41, 5.74) is 3.54. The van der Waals surface area contributed by atoms with E-state index >= 15 is 0 Å². The SMILES string of the molecule is OC[C@H]1O[C@@H](Oc2cc(O)cc(/C=C/c3ccc4c(c3)[C@H](c3cc(O)cc(O)c3)[C@@H](c3ccc(O)cc3)O4)c2)[C@H](O)[C@@H](O)[C@@H]1O. The average Bonchev–Trinajstić information content (AvgIpc) is 3.39. The maximum Gasteiger partial charge on any atom is 0.229 e. The van der Waals surface area contributed by atoms with Gasteiger partial charge >= 0.3 is 0 Å². The molecular weight excluding hydrogens is 584 g/mol. The lowest BCUT2D eigenvalue weighted by atomic mass is 9.84. The minimum absolute atomic E-state index is 0.0930. The Hall–Kier alpha value is -4.78. The Morgan fingerprint density at radius 2 is 1.33 bits per heavy atom. The van der Waals surface area contributed by atoms with Crippen molar-refractivity contribution in [3.05, 3.63) is 107 Å². The van der Waals surface area contributed by atoms with E-state index in [0.29, 0.717) is 16.9 Å². The number of aromatic hydroxyl groups is 4. The van der Waals surface area contributed by atoms with Crippen molar-refractivity contribution in [1.29, 1.82) is 0 Å². The van der Waals surface area contributed by atoms with Crippen LogP contribution in [0.1, 0.15) is 39.8 Å². The summed E-state index contributed by atoms with van der Waals surface area (Å²) in [5.74, 6) is 0.110. The number of benzene rings is 4. The van der Waals surface area contributed by atoms with Crippen LogP contribution in [0.3, 0.4) is 0 Å². The van der Waals surface area contributed by atoms with Crippen LogP contribution in [0, 0.1) is 0 Å². The summed E-state index contributed by atoms with van der Waals surface area (Å²) in [6.07, 6.45) is -4.27. The highest BCUT2D eigenvalue weighted by Crippen LogP contribution is 2.51. The topological polar surface area (TPSA) is 190 Å². The fourth-order valence-electron chi connectivity index (χ4n) is 5.73. The number of phenols is 4. The first-order valence-electron chi connectivity index (χ1n) is 14.2. The molecular formula is C34H32O11. The van der Waals surface area contributed by atoms with Crippen LogP contribution in [0.2, 0.25) is 0 Å². The number of ether oxygens (including phenoxy) is 3. The summed E-state index contributed by atoms with van der Waals surface area (Å²) < 4.78 is 17.4. The molecule has 0 aromatic heterocycles. The summed E-state index contributed by atoms with van der Waals surface area (Å²) >= 11 is 0. The van der Waals surface area contributed by atoms with Gasteiger partial charge in [-0.1, -0.05) is 30.4 Å². The van der Waals surface area contributed by atoms with E-state index < -0.39 is 49.3 Å². The van der Waals surface area contributed by atoms with Gasteiger partial charge in [0.1, 0.15) is 65.0 Å². The van der Waals surface area contributed by atoms with Crippen molar-refractivity contribution in [2.24, 2.45) is 0 Å². The molecule has 11 nitrogen and oxygen atoms in total. The van der Waals surface area contributed by atoms with Crippen molar-refractivity contribution in [2.75, 3.05) is 6.61 Å². The predicted octanol–water partition coefficient (Wildman–Crippen LogP) is 3.12. The Labute approximate surface area is 257 Å². The number of aliphatic hydroxyl groups excluding tert-OH is 4. The fourth-order valence-corrected chi connectivity index (χ4v) is 5.73. The van der Waals surface area contributed by atoms with Crippen LogP contribution in [0.4, 0.5) is 0 Å². The highest BCUT2D eigenvalue weighted by atomic mass is 16.7. The molecule has 7 atom stereocenters. The zero-order valence-electron chi connectivity index (χ0n) is 23.7. The third kappa shape index (κ3) is 6.25. The van der Waals surface area contributed by atoms with Gasteiger partial charge in [-0.3, -0.25) is 0 Å². The van der Waals surface area contributed by atoms with Gasteiger partial charge in [-0.2, -0.15) is 0 Å². The highest BCUT2D eigenvalue weighted by molar-refractivity contribution is 5.72. The van der Waals surface area contributed by atoms with Crippen LogP contribution >= 0.6 is 0 Å². The molecule has 0 amide bonds. The van der Waals surface area contributed by atoms with Crippen LogP contribution < -0.4 is 9.47 Å². The standard InChI is InChI=1S/C34H32O11/c35-16-28-30(40)31(41)32(42)34(45-28)43-25-10-18(9-22(37)15-25)2-1-17-3-8-27-26(11-17)29(20-12-23(38)14-24(39)13-20)33(44-27)19-4-6-21(36)7-5-19/h1-15,28-42H,16H2/b2-1+/t28-,29+,30-,31+,32-,33-,34-/m1/s1. The van der Waals surface area contributed by atoms with Crippen molar-refractivity contribution < 1.29 is 55.1 Å². The van der Waals surface area contributed by atoms with Crippen LogP contribution in [0.25, 0.3) is 12.2 Å². The lowest BCUT2D eigenvalue weighted by molar-refractivity contribution is -0.277. The number of aliphatic hydroxyl groups is 4. The van der Waals surface area contributed by atoms with E-state index in [1.807, 2.05) is 18.2 Å². The maximum atomic E-state index is 10.3. The van der Waals surface area contributed by atoms with Gasteiger partial charge in [0.2, 0.25) is 6.29 Å². The van der Waals surface area contributed by atoms with E-state index in [-0.39, 0.29) is 28.7 Å². The summed E-state index contributed by atoms with van der Waals surface area (Å²) in [6.45, 7) is -0.603. The molecule has 1 saturated heterocycles. The molecule has 6 rings (SSSR count). The first-order valence-corrected chi connectivity index (χ1v) is 14.2. The first-order chi connectivity index (χ1) is 21.6. The van der Waals surface area contributed by atoms with E-state index in [1.54, 1.807) is 54.6 Å². The Balaban J connectivity index is 1.28. The zero-order chi connectivity index (χ0) is 31.8. The molecule has 0 bridgehead atoms. The van der Waals surface area contributed by atoms with Crippen LogP contribution in [0.5, 0.6) is 34.5 Å². The molecule has 11 heteroatoms. The van der Waals surface area contributed by atoms with Crippen molar-refractivity contribution in [3.8, 4) is 34.5 Å². The first kappa shape index (κ1) is 30.3. The number of hydrogen-bond acceptors (Lipinski definition) is 11. The minimum atomic E-state index is -1.61. The second kappa shape index (κ2) is 12.3. The van der Waals surface area contributed by atoms with Gasteiger partial charge in [-0.05, 0) is 70.8 Å². The van der Waals surface area contributed by atoms with Gasteiger partial charge in [0.15, 0.2) is 0 Å². The summed E-state index contributed by atoms with van der Waals surface area (Å²) in [6, 6.07) is 21.0. The van der Waals surface area contributed by atoms with Crippen LogP contribution in [-0.4, -0.2) is 78.2 Å². The molecule has 4 aromatic carbocycles. The lowest BCUT2D eigenvalue weighted by Gasteiger charge is -2.39. The quantitative estimate of drug-likeness (QED) is 0.142. The average molecular weight is 617 g/mol. The molecule has 2 aliphatic heterocycles. The van der Waals surface area contributed by atoms with Crippen molar-refractivity contribution >= 4 is 12.2 Å². The summed E-state index contributed by atoms with van der Waals surface area (Å²) in [4.78, 5) is 0. The summed E-state index contributed by atoms with van der Waals surface area (Å²) in [7, 11) is 0. The fraction of sp³-hybridized carbons (Fsp3) is 0.235. The number of hydrogen-bond donors (Lipinski definition) is 8.